The lowest BCUT2D eigenvalue weighted by Gasteiger charge is -2.08. The molecular formula is C16H27NO. The maximum atomic E-state index is 5.71. The molecular weight excluding hydrogens is 222 g/mol. The van der Waals surface area contributed by atoms with Gasteiger partial charge in [-0.25, -0.2) is 0 Å². The minimum atomic E-state index is 0.751. The molecule has 2 heteroatoms. The molecule has 102 valence electrons. The van der Waals surface area contributed by atoms with Crippen molar-refractivity contribution in [1.82, 2.24) is 5.32 Å². The van der Waals surface area contributed by atoms with Crippen LogP contribution in [0.3, 0.4) is 0 Å². The highest BCUT2D eigenvalue weighted by molar-refractivity contribution is 5.28. The first-order chi connectivity index (χ1) is 8.86. The first kappa shape index (κ1) is 15.0. The average Bonchev–Trinajstić information content (AvgIpc) is 2.42. The van der Waals surface area contributed by atoms with Gasteiger partial charge in [0.25, 0.3) is 0 Å². The molecule has 0 fully saturated rings. The third kappa shape index (κ3) is 6.65. The van der Waals surface area contributed by atoms with Crippen LogP contribution in [-0.2, 0) is 6.42 Å². The van der Waals surface area contributed by atoms with Gasteiger partial charge in [-0.15, -0.1) is 0 Å². The third-order valence-corrected chi connectivity index (χ3v) is 3.06. The molecule has 1 N–H and O–H groups in total. The summed E-state index contributed by atoms with van der Waals surface area (Å²) in [4.78, 5) is 0. The summed E-state index contributed by atoms with van der Waals surface area (Å²) in [5.74, 6) is 0.988. The second-order valence-corrected chi connectivity index (χ2v) is 4.66. The smallest absolute Gasteiger partial charge is 0.119 e. The van der Waals surface area contributed by atoms with Crippen molar-refractivity contribution in [2.45, 2.75) is 46.0 Å². The Hall–Kier alpha value is -1.02. The number of unbranched alkanes of at least 4 members (excludes halogenated alkanes) is 3. The van der Waals surface area contributed by atoms with Gasteiger partial charge in [0.1, 0.15) is 12.4 Å². The van der Waals surface area contributed by atoms with E-state index in [0.717, 1.165) is 31.9 Å². The molecule has 18 heavy (non-hydrogen) atoms. The monoisotopic (exact) mass is 249 g/mol. The summed E-state index contributed by atoms with van der Waals surface area (Å²) in [5, 5.41) is 3.42. The van der Waals surface area contributed by atoms with Gasteiger partial charge in [-0.1, -0.05) is 45.2 Å². The molecule has 0 saturated carbocycles. The van der Waals surface area contributed by atoms with Gasteiger partial charge in [0.2, 0.25) is 0 Å². The molecule has 1 rings (SSSR count). The van der Waals surface area contributed by atoms with Crippen molar-refractivity contribution in [3.05, 3.63) is 29.8 Å². The van der Waals surface area contributed by atoms with Gasteiger partial charge in [0, 0.05) is 6.54 Å². The van der Waals surface area contributed by atoms with Crippen LogP contribution in [0.4, 0.5) is 0 Å². The quantitative estimate of drug-likeness (QED) is 0.637. The molecule has 0 aromatic heterocycles. The van der Waals surface area contributed by atoms with Crippen molar-refractivity contribution in [1.29, 1.82) is 0 Å². The van der Waals surface area contributed by atoms with Gasteiger partial charge in [-0.2, -0.15) is 0 Å². The fourth-order valence-corrected chi connectivity index (χ4v) is 1.90. The van der Waals surface area contributed by atoms with Crippen molar-refractivity contribution in [2.75, 3.05) is 19.7 Å². The summed E-state index contributed by atoms with van der Waals surface area (Å²) in [7, 11) is 0. The fraction of sp³-hybridized carbons (Fsp3) is 0.625. The summed E-state index contributed by atoms with van der Waals surface area (Å²) in [6.07, 6.45) is 6.33. The zero-order chi connectivity index (χ0) is 13.1. The molecule has 0 radical (unpaired) electrons. The molecule has 0 spiro atoms. The molecule has 2 nitrogen and oxygen atoms in total. The van der Waals surface area contributed by atoms with Crippen LogP contribution in [0.25, 0.3) is 0 Å². The molecule has 0 aliphatic rings. The van der Waals surface area contributed by atoms with Crippen molar-refractivity contribution in [3.8, 4) is 5.75 Å². The van der Waals surface area contributed by atoms with Gasteiger partial charge < -0.3 is 10.1 Å². The second-order valence-electron chi connectivity index (χ2n) is 4.66. The Kier molecular flexibility index (Phi) is 8.32. The van der Waals surface area contributed by atoms with Crippen LogP contribution in [0.2, 0.25) is 0 Å². The molecule has 1 aromatic carbocycles. The topological polar surface area (TPSA) is 21.3 Å². The lowest BCUT2D eigenvalue weighted by Crippen LogP contribution is -2.22. The van der Waals surface area contributed by atoms with E-state index in [2.05, 4.69) is 37.4 Å². The van der Waals surface area contributed by atoms with Crippen LogP contribution < -0.4 is 10.1 Å². The average molecular weight is 249 g/mol. The number of hydrogen-bond donors (Lipinski definition) is 1. The normalized spacial score (nSPS) is 10.6. The predicted octanol–water partition coefficient (Wildman–Crippen LogP) is 3.80. The maximum Gasteiger partial charge on any atom is 0.119 e. The van der Waals surface area contributed by atoms with Gasteiger partial charge in [0.15, 0.2) is 0 Å². The molecule has 0 aliphatic carbocycles. The van der Waals surface area contributed by atoms with E-state index in [1.165, 1.54) is 31.2 Å². The third-order valence-electron chi connectivity index (χ3n) is 3.06. The van der Waals surface area contributed by atoms with E-state index < -0.39 is 0 Å². The zero-order valence-corrected chi connectivity index (χ0v) is 11.9. The summed E-state index contributed by atoms with van der Waals surface area (Å²) in [6, 6.07) is 8.35. The number of ether oxygens (including phenoxy) is 1. The lowest BCUT2D eigenvalue weighted by molar-refractivity contribution is 0.313. The first-order valence-corrected chi connectivity index (χ1v) is 7.29. The van der Waals surface area contributed by atoms with E-state index in [-0.39, 0.29) is 0 Å². The zero-order valence-electron chi connectivity index (χ0n) is 11.9. The minimum absolute atomic E-state index is 0.751. The maximum absolute atomic E-state index is 5.71. The molecule has 0 aliphatic heterocycles. The minimum Gasteiger partial charge on any atom is -0.492 e. The molecule has 0 unspecified atom stereocenters. The molecule has 0 atom stereocenters. The highest BCUT2D eigenvalue weighted by atomic mass is 16.5. The Morgan fingerprint density at radius 1 is 1.06 bits per heavy atom. The summed E-state index contributed by atoms with van der Waals surface area (Å²) in [6.45, 7) is 7.20. The highest BCUT2D eigenvalue weighted by Gasteiger charge is 1.95. The van der Waals surface area contributed by atoms with Gasteiger partial charge in [-0.05, 0) is 37.1 Å². The summed E-state index contributed by atoms with van der Waals surface area (Å²) in [5.41, 5.74) is 1.33. The largest absolute Gasteiger partial charge is 0.492 e. The number of hydrogen-bond acceptors (Lipinski definition) is 2. The van der Waals surface area contributed by atoms with Crippen LogP contribution in [0.1, 0.15) is 45.1 Å². The number of nitrogens with one attached hydrogen (secondary N) is 1. The Bertz CT molecular complexity index is 312. The van der Waals surface area contributed by atoms with E-state index in [1.807, 2.05) is 6.07 Å². The van der Waals surface area contributed by atoms with Gasteiger partial charge >= 0.3 is 0 Å². The second kappa shape index (κ2) is 9.95. The number of rotatable bonds is 10. The molecule has 0 saturated heterocycles. The Labute approximate surface area is 112 Å². The van der Waals surface area contributed by atoms with Crippen LogP contribution in [0, 0.1) is 0 Å². The number of aryl methyl sites for hydroxylation is 1. The van der Waals surface area contributed by atoms with Crippen LogP contribution in [0.15, 0.2) is 24.3 Å². The number of benzene rings is 1. The van der Waals surface area contributed by atoms with Gasteiger partial charge in [0.05, 0.1) is 0 Å². The van der Waals surface area contributed by atoms with E-state index in [0.29, 0.717) is 0 Å². The Balaban J connectivity index is 2.03. The van der Waals surface area contributed by atoms with E-state index in [4.69, 9.17) is 4.74 Å². The Morgan fingerprint density at radius 3 is 2.72 bits per heavy atom. The lowest BCUT2D eigenvalue weighted by atomic mass is 10.2. The van der Waals surface area contributed by atoms with Crippen LogP contribution in [-0.4, -0.2) is 19.7 Å². The highest BCUT2D eigenvalue weighted by Crippen LogP contribution is 2.13. The molecule has 0 heterocycles. The van der Waals surface area contributed by atoms with E-state index >= 15 is 0 Å². The first-order valence-electron chi connectivity index (χ1n) is 7.29. The summed E-state index contributed by atoms with van der Waals surface area (Å²) >= 11 is 0. The van der Waals surface area contributed by atoms with Crippen molar-refractivity contribution in [3.63, 3.8) is 0 Å². The van der Waals surface area contributed by atoms with E-state index in [9.17, 15) is 0 Å². The molecule has 0 amide bonds. The fourth-order valence-electron chi connectivity index (χ4n) is 1.90. The van der Waals surface area contributed by atoms with Crippen molar-refractivity contribution < 1.29 is 4.74 Å². The van der Waals surface area contributed by atoms with E-state index in [1.54, 1.807) is 0 Å². The van der Waals surface area contributed by atoms with Crippen LogP contribution >= 0.6 is 0 Å². The standard InChI is InChI=1S/C16H27NO/c1-3-5-6-7-11-17-12-13-18-16-10-8-9-15(4-2)14-16/h8-10,14,17H,3-7,11-13H2,1-2H3. The van der Waals surface area contributed by atoms with Crippen LogP contribution in [0.5, 0.6) is 5.75 Å². The Morgan fingerprint density at radius 2 is 1.94 bits per heavy atom. The predicted molar refractivity (Wildman–Crippen MR) is 78.3 cm³/mol. The molecule has 1 aromatic rings. The van der Waals surface area contributed by atoms with Crippen molar-refractivity contribution >= 4 is 0 Å². The summed E-state index contributed by atoms with van der Waals surface area (Å²) < 4.78 is 5.71. The molecule has 0 bridgehead atoms. The van der Waals surface area contributed by atoms with Crippen molar-refractivity contribution in [2.24, 2.45) is 0 Å². The van der Waals surface area contributed by atoms with Gasteiger partial charge in [-0.3, -0.25) is 0 Å². The SMILES string of the molecule is CCCCCCNCCOc1cccc(CC)c1.